The van der Waals surface area contributed by atoms with Crippen molar-refractivity contribution in [3.63, 3.8) is 0 Å². The minimum atomic E-state index is -1.21. The molecule has 4 heteroatoms. The molecule has 1 rings (SSSR count). The zero-order chi connectivity index (χ0) is 15.2. The van der Waals surface area contributed by atoms with Crippen LogP contribution in [-0.2, 0) is 10.8 Å². The number of carboxylic acids is 1. The summed E-state index contributed by atoms with van der Waals surface area (Å²) < 4.78 is 0. The molecule has 0 aromatic heterocycles. The molecule has 0 saturated carbocycles. The Hall–Kier alpha value is -1.22. The van der Waals surface area contributed by atoms with E-state index in [4.69, 9.17) is 11.6 Å². The van der Waals surface area contributed by atoms with E-state index in [2.05, 4.69) is 0 Å². The SMILES string of the molecule is CC(C)(C)c1cc(C(C)(C)C)c(Cl)c(C(=O)O)c1O. The first-order chi connectivity index (χ1) is 8.37. The van der Waals surface area contributed by atoms with E-state index in [9.17, 15) is 15.0 Å². The summed E-state index contributed by atoms with van der Waals surface area (Å²) in [5.74, 6) is -1.45. The highest BCUT2D eigenvalue weighted by Crippen LogP contribution is 2.42. The van der Waals surface area contributed by atoms with Crippen molar-refractivity contribution in [2.24, 2.45) is 0 Å². The van der Waals surface area contributed by atoms with Crippen molar-refractivity contribution >= 4 is 17.6 Å². The molecule has 3 nitrogen and oxygen atoms in total. The van der Waals surface area contributed by atoms with E-state index in [0.717, 1.165) is 5.56 Å². The summed E-state index contributed by atoms with van der Waals surface area (Å²) in [6.07, 6.45) is 0. The van der Waals surface area contributed by atoms with E-state index in [-0.39, 0.29) is 27.2 Å². The molecule has 0 heterocycles. The number of carboxylic acid groups (broad SMARTS) is 1. The molecule has 106 valence electrons. The number of benzene rings is 1. The number of phenols is 1. The molecule has 0 aliphatic heterocycles. The van der Waals surface area contributed by atoms with Crippen LogP contribution in [0.25, 0.3) is 0 Å². The molecule has 19 heavy (non-hydrogen) atoms. The van der Waals surface area contributed by atoms with Gasteiger partial charge in [-0.2, -0.15) is 0 Å². The molecule has 0 fully saturated rings. The zero-order valence-electron chi connectivity index (χ0n) is 12.3. The van der Waals surface area contributed by atoms with Gasteiger partial charge in [0.2, 0.25) is 0 Å². The molecule has 1 aromatic carbocycles. The topological polar surface area (TPSA) is 57.5 Å². The summed E-state index contributed by atoms with van der Waals surface area (Å²) in [5.41, 5.74) is 0.459. The highest BCUT2D eigenvalue weighted by Gasteiger charge is 2.30. The first-order valence-corrected chi connectivity index (χ1v) is 6.55. The molecule has 0 unspecified atom stereocenters. The molecule has 0 aliphatic carbocycles. The minimum absolute atomic E-state index is 0.116. The van der Waals surface area contributed by atoms with E-state index in [1.807, 2.05) is 47.6 Å². The van der Waals surface area contributed by atoms with Crippen LogP contribution in [-0.4, -0.2) is 16.2 Å². The van der Waals surface area contributed by atoms with Crippen molar-refractivity contribution in [3.05, 3.63) is 27.8 Å². The lowest BCUT2D eigenvalue weighted by molar-refractivity contribution is 0.0693. The van der Waals surface area contributed by atoms with Gasteiger partial charge in [0.05, 0.1) is 5.02 Å². The summed E-state index contributed by atoms with van der Waals surface area (Å²) >= 11 is 6.17. The van der Waals surface area contributed by atoms with Crippen LogP contribution in [0, 0.1) is 0 Å². The van der Waals surface area contributed by atoms with Gasteiger partial charge in [-0.3, -0.25) is 0 Å². The average Bonchev–Trinajstić information content (AvgIpc) is 2.12. The van der Waals surface area contributed by atoms with E-state index >= 15 is 0 Å². The Morgan fingerprint density at radius 2 is 1.47 bits per heavy atom. The average molecular weight is 285 g/mol. The van der Waals surface area contributed by atoms with Crippen LogP contribution in [0.1, 0.15) is 63.0 Å². The van der Waals surface area contributed by atoms with Crippen molar-refractivity contribution in [2.75, 3.05) is 0 Å². The molecule has 0 amide bonds. The van der Waals surface area contributed by atoms with Crippen molar-refractivity contribution < 1.29 is 15.0 Å². The molecule has 0 saturated heterocycles. The second kappa shape index (κ2) is 4.71. The summed E-state index contributed by atoms with van der Waals surface area (Å²) in [5, 5.41) is 19.6. The fourth-order valence-electron chi connectivity index (χ4n) is 1.96. The summed E-state index contributed by atoms with van der Waals surface area (Å²) in [4.78, 5) is 11.4. The zero-order valence-corrected chi connectivity index (χ0v) is 13.0. The van der Waals surface area contributed by atoms with E-state index in [1.54, 1.807) is 0 Å². The highest BCUT2D eigenvalue weighted by molar-refractivity contribution is 6.34. The Morgan fingerprint density at radius 3 is 1.79 bits per heavy atom. The molecular formula is C15H21ClO3. The number of hydrogen-bond acceptors (Lipinski definition) is 2. The molecule has 0 bridgehead atoms. The molecule has 0 aliphatic rings. The normalized spacial score (nSPS) is 12.6. The van der Waals surface area contributed by atoms with Crippen LogP contribution in [0.2, 0.25) is 5.02 Å². The monoisotopic (exact) mass is 284 g/mol. The summed E-state index contributed by atoms with van der Waals surface area (Å²) in [6.45, 7) is 11.7. The quantitative estimate of drug-likeness (QED) is 0.806. The number of aromatic hydroxyl groups is 1. The van der Waals surface area contributed by atoms with Crippen LogP contribution in [0.15, 0.2) is 6.07 Å². The number of aromatic carboxylic acids is 1. The first-order valence-electron chi connectivity index (χ1n) is 6.17. The molecular weight excluding hydrogens is 264 g/mol. The Morgan fingerprint density at radius 1 is 1.05 bits per heavy atom. The van der Waals surface area contributed by atoms with Crippen LogP contribution in [0.3, 0.4) is 0 Å². The van der Waals surface area contributed by atoms with Crippen LogP contribution < -0.4 is 0 Å². The van der Waals surface area contributed by atoms with Crippen molar-refractivity contribution in [1.82, 2.24) is 0 Å². The number of hydrogen-bond donors (Lipinski definition) is 2. The Kier molecular flexibility index (Phi) is 3.93. The maximum absolute atomic E-state index is 11.4. The van der Waals surface area contributed by atoms with Gasteiger partial charge in [0.15, 0.2) is 0 Å². The van der Waals surface area contributed by atoms with Gasteiger partial charge < -0.3 is 10.2 Å². The van der Waals surface area contributed by atoms with Crippen molar-refractivity contribution in [2.45, 2.75) is 52.4 Å². The predicted molar refractivity (Wildman–Crippen MR) is 77.5 cm³/mol. The maximum Gasteiger partial charge on any atom is 0.341 e. The largest absolute Gasteiger partial charge is 0.507 e. The lowest BCUT2D eigenvalue weighted by atomic mass is 9.79. The number of halogens is 1. The third kappa shape index (κ3) is 3.03. The van der Waals surface area contributed by atoms with Gasteiger partial charge in [0.1, 0.15) is 11.3 Å². The molecule has 2 N–H and O–H groups in total. The van der Waals surface area contributed by atoms with Crippen molar-refractivity contribution in [1.29, 1.82) is 0 Å². The Balaban J connectivity index is 3.81. The highest BCUT2D eigenvalue weighted by atomic mass is 35.5. The Bertz CT molecular complexity index is 481. The molecule has 0 atom stereocenters. The fourth-order valence-corrected chi connectivity index (χ4v) is 2.47. The molecule has 0 radical (unpaired) electrons. The smallest absolute Gasteiger partial charge is 0.341 e. The van der Waals surface area contributed by atoms with Crippen LogP contribution in [0.4, 0.5) is 0 Å². The predicted octanol–water partition coefficient (Wildman–Crippen LogP) is 4.34. The molecule has 0 spiro atoms. The molecule has 1 aromatic rings. The Labute approximate surface area is 119 Å². The van der Waals surface area contributed by atoms with Gasteiger partial charge >= 0.3 is 5.97 Å². The van der Waals surface area contributed by atoms with Crippen molar-refractivity contribution in [3.8, 4) is 5.75 Å². The maximum atomic E-state index is 11.4. The van der Waals surface area contributed by atoms with E-state index in [0.29, 0.717) is 5.56 Å². The second-order valence-electron chi connectivity index (χ2n) is 6.81. The number of carbonyl (C=O) groups is 1. The van der Waals surface area contributed by atoms with Gasteiger partial charge in [0.25, 0.3) is 0 Å². The van der Waals surface area contributed by atoms with Gasteiger partial charge in [-0.1, -0.05) is 53.1 Å². The standard InChI is InChI=1S/C15H21ClO3/c1-14(2,3)8-7-9(15(4,5)6)12(17)10(11(8)16)13(18)19/h7,17H,1-6H3,(H,18,19). The lowest BCUT2D eigenvalue weighted by Crippen LogP contribution is -2.19. The number of rotatable bonds is 1. The van der Waals surface area contributed by atoms with Gasteiger partial charge in [-0.25, -0.2) is 4.79 Å². The summed E-state index contributed by atoms with van der Waals surface area (Å²) in [7, 11) is 0. The van der Waals surface area contributed by atoms with E-state index < -0.39 is 5.97 Å². The third-order valence-corrected chi connectivity index (χ3v) is 3.46. The van der Waals surface area contributed by atoms with Gasteiger partial charge in [0, 0.05) is 5.56 Å². The lowest BCUT2D eigenvalue weighted by Gasteiger charge is -2.28. The minimum Gasteiger partial charge on any atom is -0.507 e. The van der Waals surface area contributed by atoms with Crippen LogP contribution >= 0.6 is 11.6 Å². The summed E-state index contributed by atoms with van der Waals surface area (Å²) in [6, 6.07) is 1.81. The van der Waals surface area contributed by atoms with Crippen LogP contribution in [0.5, 0.6) is 5.75 Å². The first kappa shape index (κ1) is 15.8. The van der Waals surface area contributed by atoms with Gasteiger partial charge in [-0.15, -0.1) is 0 Å². The van der Waals surface area contributed by atoms with Gasteiger partial charge in [-0.05, 0) is 22.5 Å². The van der Waals surface area contributed by atoms with E-state index in [1.165, 1.54) is 0 Å². The second-order valence-corrected chi connectivity index (χ2v) is 7.19. The third-order valence-electron chi connectivity index (χ3n) is 3.07. The fraction of sp³-hybridized carbons (Fsp3) is 0.533.